The van der Waals surface area contributed by atoms with Crippen molar-refractivity contribution in [2.45, 2.75) is 63.7 Å². The van der Waals surface area contributed by atoms with Crippen molar-refractivity contribution in [1.82, 2.24) is 4.57 Å². The lowest BCUT2D eigenvalue weighted by atomic mass is 9.58. The van der Waals surface area contributed by atoms with E-state index in [0.717, 1.165) is 34.2 Å². The van der Waals surface area contributed by atoms with Crippen LogP contribution in [-0.2, 0) is 11.3 Å². The highest BCUT2D eigenvalue weighted by atomic mass is 79.9. The van der Waals surface area contributed by atoms with Crippen LogP contribution in [0, 0.1) is 30.1 Å². The highest BCUT2D eigenvalue weighted by molar-refractivity contribution is 9.10. The van der Waals surface area contributed by atoms with Gasteiger partial charge in [0.05, 0.1) is 17.7 Å². The summed E-state index contributed by atoms with van der Waals surface area (Å²) in [5.41, 5.74) is 1.91. The predicted molar refractivity (Wildman–Crippen MR) is 83.9 cm³/mol. The van der Waals surface area contributed by atoms with Gasteiger partial charge in [0.15, 0.2) is 0 Å². The molecule has 0 radical (unpaired) electrons. The Morgan fingerprint density at radius 2 is 2.05 bits per heavy atom. The van der Waals surface area contributed by atoms with E-state index in [9.17, 15) is 5.26 Å². The van der Waals surface area contributed by atoms with Crippen molar-refractivity contribution in [2.24, 2.45) is 11.8 Å². The molecule has 2 unspecified atom stereocenters. The van der Waals surface area contributed by atoms with E-state index in [1.165, 1.54) is 32.1 Å². The van der Waals surface area contributed by atoms with Gasteiger partial charge in [-0.15, -0.1) is 0 Å². The first kappa shape index (κ1) is 13.8. The van der Waals surface area contributed by atoms with E-state index in [2.05, 4.69) is 40.4 Å². The Kier molecular flexibility index (Phi) is 2.88. The van der Waals surface area contributed by atoms with Gasteiger partial charge < -0.3 is 9.30 Å². The minimum Gasteiger partial charge on any atom is -0.367 e. The summed E-state index contributed by atoms with van der Waals surface area (Å²) in [5.74, 6) is 1.64. The van der Waals surface area contributed by atoms with Crippen LogP contribution in [0.5, 0.6) is 0 Å². The van der Waals surface area contributed by atoms with Crippen molar-refractivity contribution < 1.29 is 4.74 Å². The zero-order valence-electron chi connectivity index (χ0n) is 12.7. The smallest absolute Gasteiger partial charge is 0.121 e. The number of aromatic nitrogens is 1. The summed E-state index contributed by atoms with van der Waals surface area (Å²) in [4.78, 5) is 0. The number of hydrogen-bond donors (Lipinski definition) is 0. The summed E-state index contributed by atoms with van der Waals surface area (Å²) in [6, 6.07) is 4.25. The first-order valence-corrected chi connectivity index (χ1v) is 8.67. The Labute approximate surface area is 134 Å². The van der Waals surface area contributed by atoms with E-state index in [4.69, 9.17) is 4.74 Å². The molecule has 0 amide bonds. The lowest BCUT2D eigenvalue weighted by Gasteiger charge is -2.61. The molecule has 2 aliphatic carbocycles. The second-order valence-electron chi connectivity index (χ2n) is 7.68. The van der Waals surface area contributed by atoms with Crippen LogP contribution in [0.2, 0.25) is 0 Å². The molecule has 0 aromatic carbocycles. The standard InChI is InChI=1S/C17H21BrN2O/c1-11-15(18)4-14(9-19)20(11)10-17-7-12-3-13(8-17)6-16(2,5-12)21-17/h4,12-13H,3,5-8,10H2,1-2H3. The van der Waals surface area contributed by atoms with Crippen LogP contribution < -0.4 is 0 Å². The van der Waals surface area contributed by atoms with Crippen LogP contribution in [0.25, 0.3) is 0 Å². The normalized spacial score (nSPS) is 40.5. The molecule has 112 valence electrons. The summed E-state index contributed by atoms with van der Waals surface area (Å²) < 4.78 is 9.80. The van der Waals surface area contributed by atoms with E-state index in [0.29, 0.717) is 0 Å². The summed E-state index contributed by atoms with van der Waals surface area (Å²) in [7, 11) is 0. The van der Waals surface area contributed by atoms with Crippen molar-refractivity contribution in [3.05, 3.63) is 21.9 Å². The molecule has 1 aromatic rings. The molecule has 5 rings (SSSR count). The summed E-state index contributed by atoms with van der Waals surface area (Å²) >= 11 is 3.56. The van der Waals surface area contributed by atoms with Gasteiger partial charge in [0.2, 0.25) is 0 Å². The van der Waals surface area contributed by atoms with Gasteiger partial charge in [-0.1, -0.05) is 0 Å². The molecule has 3 heterocycles. The minimum absolute atomic E-state index is 0.0480. The Morgan fingerprint density at radius 1 is 1.38 bits per heavy atom. The summed E-state index contributed by atoms with van der Waals surface area (Å²) in [5, 5.41) is 9.39. The molecule has 3 nitrogen and oxygen atoms in total. The first-order chi connectivity index (χ1) is 9.92. The van der Waals surface area contributed by atoms with E-state index in [1.54, 1.807) is 0 Å². The molecule has 4 heteroatoms. The van der Waals surface area contributed by atoms with Crippen LogP contribution in [0.1, 0.15) is 50.4 Å². The fourth-order valence-corrected chi connectivity index (χ4v) is 5.87. The third kappa shape index (κ3) is 2.09. The van der Waals surface area contributed by atoms with Crippen LogP contribution in [0.4, 0.5) is 0 Å². The van der Waals surface area contributed by atoms with Gasteiger partial charge in [-0.05, 0) is 79.8 Å². The fraction of sp³-hybridized carbons (Fsp3) is 0.706. The zero-order chi connectivity index (χ0) is 14.8. The molecule has 4 fully saturated rings. The van der Waals surface area contributed by atoms with Crippen LogP contribution >= 0.6 is 15.9 Å². The van der Waals surface area contributed by atoms with Crippen molar-refractivity contribution in [1.29, 1.82) is 5.26 Å². The molecule has 1 aromatic heterocycles. The predicted octanol–water partition coefficient (Wildman–Crippen LogP) is 4.17. The van der Waals surface area contributed by atoms with E-state index < -0.39 is 0 Å². The second-order valence-corrected chi connectivity index (χ2v) is 8.53. The minimum atomic E-state index is -0.0480. The third-order valence-corrected chi connectivity index (χ3v) is 6.56. The number of hydrogen-bond acceptors (Lipinski definition) is 2. The van der Waals surface area contributed by atoms with Gasteiger partial charge in [0.25, 0.3) is 0 Å². The van der Waals surface area contributed by atoms with Crippen molar-refractivity contribution in [3.8, 4) is 6.07 Å². The molecule has 2 saturated heterocycles. The van der Waals surface area contributed by atoms with Gasteiger partial charge in [-0.25, -0.2) is 0 Å². The Balaban J connectivity index is 1.70. The van der Waals surface area contributed by atoms with Crippen molar-refractivity contribution >= 4 is 15.9 Å². The summed E-state index contributed by atoms with van der Waals surface area (Å²) in [6.45, 7) is 5.20. The number of nitriles is 1. The molecule has 4 aliphatic rings. The maximum Gasteiger partial charge on any atom is 0.121 e. The van der Waals surface area contributed by atoms with Crippen LogP contribution in [0.3, 0.4) is 0 Å². The van der Waals surface area contributed by atoms with Gasteiger partial charge in [-0.3, -0.25) is 0 Å². The number of rotatable bonds is 2. The Bertz CT molecular complexity index is 628. The monoisotopic (exact) mass is 348 g/mol. The molecule has 0 N–H and O–H groups in total. The van der Waals surface area contributed by atoms with Crippen LogP contribution in [-0.4, -0.2) is 15.8 Å². The first-order valence-electron chi connectivity index (χ1n) is 7.88. The maximum absolute atomic E-state index is 9.39. The van der Waals surface area contributed by atoms with Gasteiger partial charge in [-0.2, -0.15) is 5.26 Å². The molecule has 2 saturated carbocycles. The molecule has 2 atom stereocenters. The quantitative estimate of drug-likeness (QED) is 0.804. The van der Waals surface area contributed by atoms with Crippen molar-refractivity contribution in [3.63, 3.8) is 0 Å². The fourth-order valence-electron chi connectivity index (χ4n) is 5.44. The Hall–Kier alpha value is -0.790. The van der Waals surface area contributed by atoms with Gasteiger partial charge in [0, 0.05) is 10.2 Å². The molecule has 2 aliphatic heterocycles. The lowest BCUT2D eigenvalue weighted by Crippen LogP contribution is -2.61. The number of nitrogens with zero attached hydrogens (tertiary/aromatic N) is 2. The molecule has 4 bridgehead atoms. The molecule has 0 spiro atoms. The Morgan fingerprint density at radius 3 is 2.62 bits per heavy atom. The average molecular weight is 349 g/mol. The molecular weight excluding hydrogens is 328 g/mol. The lowest BCUT2D eigenvalue weighted by molar-refractivity contribution is -0.271. The van der Waals surface area contributed by atoms with Crippen LogP contribution in [0.15, 0.2) is 10.5 Å². The van der Waals surface area contributed by atoms with E-state index in [-0.39, 0.29) is 11.2 Å². The zero-order valence-corrected chi connectivity index (χ0v) is 14.2. The average Bonchev–Trinajstić information content (AvgIpc) is 2.63. The number of halogens is 1. The number of ether oxygens (including phenoxy) is 1. The largest absolute Gasteiger partial charge is 0.367 e. The maximum atomic E-state index is 9.39. The van der Waals surface area contributed by atoms with Gasteiger partial charge in [0.1, 0.15) is 11.8 Å². The molecular formula is C17H21BrN2O. The van der Waals surface area contributed by atoms with Gasteiger partial charge >= 0.3 is 0 Å². The van der Waals surface area contributed by atoms with Crippen molar-refractivity contribution in [2.75, 3.05) is 0 Å². The third-order valence-electron chi connectivity index (χ3n) is 5.76. The second kappa shape index (κ2) is 4.36. The highest BCUT2D eigenvalue weighted by Crippen LogP contribution is 2.58. The van der Waals surface area contributed by atoms with E-state index in [1.807, 2.05) is 6.07 Å². The topological polar surface area (TPSA) is 38.0 Å². The molecule has 21 heavy (non-hydrogen) atoms. The highest BCUT2D eigenvalue weighted by Gasteiger charge is 2.57. The summed E-state index contributed by atoms with van der Waals surface area (Å²) in [6.07, 6.45) is 6.17. The van der Waals surface area contributed by atoms with E-state index >= 15 is 0 Å². The SMILES string of the molecule is Cc1c(Br)cc(C#N)n1CC12CC3CC(CC(C)(C3)O1)C2.